The van der Waals surface area contributed by atoms with Crippen molar-refractivity contribution in [1.29, 1.82) is 0 Å². The predicted octanol–water partition coefficient (Wildman–Crippen LogP) is 1.19. The van der Waals surface area contributed by atoms with Gasteiger partial charge in [0.15, 0.2) is 0 Å². The Balaban J connectivity index is 4.17. The van der Waals surface area contributed by atoms with Crippen molar-refractivity contribution in [3.8, 4) is 0 Å². The highest BCUT2D eigenvalue weighted by molar-refractivity contribution is 6.00. The normalized spacial score (nSPS) is 14.9. The molecule has 0 aromatic heterocycles. The van der Waals surface area contributed by atoms with Crippen LogP contribution in [0, 0.1) is 5.92 Å². The maximum atomic E-state index is 10.4. The number of carboxylic acid groups (broad SMARTS) is 1. The summed E-state index contributed by atoms with van der Waals surface area (Å²) >= 11 is 0. The van der Waals surface area contributed by atoms with E-state index in [9.17, 15) is 4.79 Å². The van der Waals surface area contributed by atoms with Crippen molar-refractivity contribution in [2.75, 3.05) is 7.05 Å². The van der Waals surface area contributed by atoms with Crippen molar-refractivity contribution in [1.82, 2.24) is 0 Å². The fraction of sp³-hybridized carbons (Fsp3) is 0.714. The van der Waals surface area contributed by atoms with Crippen molar-refractivity contribution in [2.45, 2.75) is 20.3 Å². The summed E-state index contributed by atoms with van der Waals surface area (Å²) in [5.41, 5.74) is 0.743. The van der Waals surface area contributed by atoms with Crippen LogP contribution in [0.25, 0.3) is 0 Å². The summed E-state index contributed by atoms with van der Waals surface area (Å²) in [7, 11) is 1.62. The van der Waals surface area contributed by atoms with Crippen molar-refractivity contribution < 1.29 is 9.90 Å². The summed E-state index contributed by atoms with van der Waals surface area (Å²) in [5.74, 6) is -1.24. The van der Waals surface area contributed by atoms with Crippen LogP contribution in [0.4, 0.5) is 0 Å². The Hall–Kier alpha value is -0.860. The Morgan fingerprint density at radius 3 is 2.30 bits per heavy atom. The third kappa shape index (κ3) is 2.17. The number of hydrogen-bond acceptors (Lipinski definition) is 2. The van der Waals surface area contributed by atoms with E-state index < -0.39 is 11.9 Å². The molecule has 0 amide bonds. The zero-order valence-corrected chi connectivity index (χ0v) is 6.59. The molecule has 0 saturated carbocycles. The third-order valence-electron chi connectivity index (χ3n) is 1.52. The van der Waals surface area contributed by atoms with Crippen molar-refractivity contribution in [2.24, 2.45) is 10.9 Å². The topological polar surface area (TPSA) is 49.7 Å². The number of nitrogens with zero attached hydrogens (tertiary/aromatic N) is 1. The molecule has 1 atom stereocenters. The molecular weight excluding hydrogens is 130 g/mol. The molecule has 3 heteroatoms. The van der Waals surface area contributed by atoms with E-state index in [0.717, 1.165) is 5.71 Å². The summed E-state index contributed by atoms with van der Waals surface area (Å²) in [6, 6.07) is 0. The Morgan fingerprint density at radius 2 is 2.20 bits per heavy atom. The molecule has 0 aromatic carbocycles. The summed E-state index contributed by atoms with van der Waals surface area (Å²) in [6.45, 7) is 3.55. The average molecular weight is 143 g/mol. The third-order valence-corrected chi connectivity index (χ3v) is 1.52. The van der Waals surface area contributed by atoms with Gasteiger partial charge in [0, 0.05) is 12.8 Å². The van der Waals surface area contributed by atoms with Gasteiger partial charge in [-0.15, -0.1) is 0 Å². The lowest BCUT2D eigenvalue weighted by Crippen LogP contribution is -2.19. The molecular formula is C7H13NO2. The lowest BCUT2D eigenvalue weighted by atomic mass is 10.0. The predicted molar refractivity (Wildman–Crippen MR) is 40.4 cm³/mol. The first-order chi connectivity index (χ1) is 4.63. The Labute approximate surface area is 60.8 Å². The Kier molecular flexibility index (Phi) is 3.69. The maximum absolute atomic E-state index is 10.4. The highest BCUT2D eigenvalue weighted by Gasteiger charge is 2.15. The van der Waals surface area contributed by atoms with E-state index in [4.69, 9.17) is 5.11 Å². The summed E-state index contributed by atoms with van der Waals surface area (Å²) in [5, 5.41) is 8.53. The van der Waals surface area contributed by atoms with Gasteiger partial charge in [0.2, 0.25) is 0 Å². The van der Waals surface area contributed by atoms with Crippen molar-refractivity contribution in [3.05, 3.63) is 0 Å². The molecule has 0 aromatic rings. The van der Waals surface area contributed by atoms with E-state index in [1.54, 1.807) is 14.0 Å². The number of hydrogen-bond donors (Lipinski definition) is 1. The van der Waals surface area contributed by atoms with E-state index in [1.165, 1.54) is 0 Å². The zero-order chi connectivity index (χ0) is 8.15. The molecule has 0 fully saturated rings. The van der Waals surface area contributed by atoms with Crippen LogP contribution in [0.1, 0.15) is 20.3 Å². The lowest BCUT2D eigenvalue weighted by Gasteiger charge is -2.05. The average Bonchev–Trinajstić information content (AvgIpc) is 1.90. The molecule has 0 aliphatic rings. The standard InChI is InChI=1S/C7H13NO2/c1-4-6(8-3)5(2)7(9)10/h5H,4H2,1-3H3,(H,9,10). The van der Waals surface area contributed by atoms with Gasteiger partial charge < -0.3 is 5.11 Å². The first-order valence-corrected chi connectivity index (χ1v) is 3.31. The lowest BCUT2D eigenvalue weighted by molar-refractivity contribution is -0.138. The van der Waals surface area contributed by atoms with E-state index in [0.29, 0.717) is 6.42 Å². The van der Waals surface area contributed by atoms with Gasteiger partial charge in [-0.3, -0.25) is 9.79 Å². The molecule has 0 saturated heterocycles. The summed E-state index contributed by atoms with van der Waals surface area (Å²) in [6.07, 6.45) is 0.712. The van der Waals surface area contributed by atoms with Gasteiger partial charge in [-0.25, -0.2) is 0 Å². The second-order valence-corrected chi connectivity index (χ2v) is 2.13. The summed E-state index contributed by atoms with van der Waals surface area (Å²) < 4.78 is 0. The Morgan fingerprint density at radius 1 is 1.70 bits per heavy atom. The van der Waals surface area contributed by atoms with Crippen LogP contribution in [0.15, 0.2) is 4.99 Å². The molecule has 10 heavy (non-hydrogen) atoms. The van der Waals surface area contributed by atoms with Crippen LogP contribution in [0.2, 0.25) is 0 Å². The second kappa shape index (κ2) is 4.04. The zero-order valence-electron chi connectivity index (χ0n) is 6.59. The van der Waals surface area contributed by atoms with Crippen molar-refractivity contribution in [3.63, 3.8) is 0 Å². The van der Waals surface area contributed by atoms with Gasteiger partial charge in [-0.1, -0.05) is 6.92 Å². The van der Waals surface area contributed by atoms with Crippen LogP contribution in [0.3, 0.4) is 0 Å². The number of aliphatic carboxylic acids is 1. The van der Waals surface area contributed by atoms with Gasteiger partial charge in [-0.05, 0) is 13.3 Å². The molecule has 0 aliphatic heterocycles. The smallest absolute Gasteiger partial charge is 0.311 e. The molecule has 1 N–H and O–H groups in total. The molecule has 0 bridgehead atoms. The van der Waals surface area contributed by atoms with Gasteiger partial charge in [0.1, 0.15) is 0 Å². The van der Waals surface area contributed by atoms with Crippen LogP contribution < -0.4 is 0 Å². The number of carbonyl (C=O) groups is 1. The van der Waals surface area contributed by atoms with Gasteiger partial charge >= 0.3 is 5.97 Å². The molecule has 0 rings (SSSR count). The maximum Gasteiger partial charge on any atom is 0.311 e. The molecule has 0 aliphatic carbocycles. The van der Waals surface area contributed by atoms with Crippen molar-refractivity contribution >= 4 is 11.7 Å². The number of rotatable bonds is 3. The number of aliphatic imine (C=N–C) groups is 1. The van der Waals surface area contributed by atoms with Gasteiger partial charge in [0.05, 0.1) is 5.92 Å². The molecule has 3 nitrogen and oxygen atoms in total. The molecule has 1 unspecified atom stereocenters. The van der Waals surface area contributed by atoms with Crippen LogP contribution in [-0.2, 0) is 4.79 Å². The molecule has 0 radical (unpaired) electrons. The second-order valence-electron chi connectivity index (χ2n) is 2.13. The summed E-state index contributed by atoms with van der Waals surface area (Å²) in [4.78, 5) is 14.2. The molecule has 58 valence electrons. The quantitative estimate of drug-likeness (QED) is 0.603. The molecule has 0 heterocycles. The minimum Gasteiger partial charge on any atom is -0.481 e. The minimum absolute atomic E-state index is 0.435. The fourth-order valence-corrected chi connectivity index (χ4v) is 0.800. The minimum atomic E-state index is -0.803. The largest absolute Gasteiger partial charge is 0.481 e. The van der Waals surface area contributed by atoms with E-state index in [1.807, 2.05) is 6.92 Å². The Bertz CT molecular complexity index is 152. The van der Waals surface area contributed by atoms with E-state index >= 15 is 0 Å². The van der Waals surface area contributed by atoms with Gasteiger partial charge in [-0.2, -0.15) is 0 Å². The van der Waals surface area contributed by atoms with E-state index in [2.05, 4.69) is 4.99 Å². The van der Waals surface area contributed by atoms with E-state index in [-0.39, 0.29) is 0 Å². The van der Waals surface area contributed by atoms with Crippen LogP contribution >= 0.6 is 0 Å². The first-order valence-electron chi connectivity index (χ1n) is 3.31. The van der Waals surface area contributed by atoms with Crippen LogP contribution in [0.5, 0.6) is 0 Å². The SMILES string of the molecule is CCC(=NC)C(C)C(=O)O. The van der Waals surface area contributed by atoms with Crippen LogP contribution in [-0.4, -0.2) is 23.8 Å². The first kappa shape index (κ1) is 9.14. The van der Waals surface area contributed by atoms with Gasteiger partial charge in [0.25, 0.3) is 0 Å². The molecule has 0 spiro atoms. The monoisotopic (exact) mass is 143 g/mol. The highest BCUT2D eigenvalue weighted by Crippen LogP contribution is 2.01. The number of carboxylic acids is 1. The fourth-order valence-electron chi connectivity index (χ4n) is 0.800. The highest BCUT2D eigenvalue weighted by atomic mass is 16.4.